The molecule has 410 valence electrons. The Kier molecular flexibility index (Phi) is 13.1. The van der Waals surface area contributed by atoms with E-state index >= 15 is 0 Å². The van der Waals surface area contributed by atoms with Crippen molar-refractivity contribution in [3.63, 3.8) is 0 Å². The Labute approximate surface area is 501 Å². The van der Waals surface area contributed by atoms with E-state index in [0.717, 1.165) is 41.4 Å². The van der Waals surface area contributed by atoms with Gasteiger partial charge in [0.05, 0.1) is 10.8 Å². The fraction of sp³-hybridized carbons (Fsp3) is 0.133. The predicted octanol–water partition coefficient (Wildman–Crippen LogP) is 21.4. The lowest BCUT2D eigenvalue weighted by molar-refractivity contribution is 0.481. The average Bonchev–Trinajstić information content (AvgIpc) is 1.74. The van der Waals surface area contributed by atoms with Crippen molar-refractivity contribution in [1.29, 1.82) is 0 Å². The number of para-hydroxylation sites is 1. The number of hydrogen-bond donors (Lipinski definition) is 0. The van der Waals surface area contributed by atoms with Crippen LogP contribution >= 0.6 is 0 Å². The van der Waals surface area contributed by atoms with Crippen molar-refractivity contribution in [2.45, 2.75) is 69.1 Å². The summed E-state index contributed by atoms with van der Waals surface area (Å²) in [5, 5.41) is 0. The van der Waals surface area contributed by atoms with Crippen LogP contribution in [0.2, 0.25) is 0 Å². The van der Waals surface area contributed by atoms with Crippen LogP contribution in [0.3, 0.4) is 0 Å². The van der Waals surface area contributed by atoms with Crippen molar-refractivity contribution in [2.75, 3.05) is 4.90 Å². The quantitative estimate of drug-likeness (QED) is 0.101. The maximum Gasteiger partial charge on any atom is 0.127 e. The lowest BCUT2D eigenvalue weighted by Crippen LogP contribution is -2.29. The van der Waals surface area contributed by atoms with E-state index in [1.54, 1.807) is 0 Å². The van der Waals surface area contributed by atoms with Crippen LogP contribution < -0.4 is 9.64 Å². The first-order valence-electron chi connectivity index (χ1n) is 30.5. The molecule has 3 aliphatic carbocycles. The molecule has 3 atom stereocenters. The summed E-state index contributed by atoms with van der Waals surface area (Å²) in [7, 11) is 0. The molecule has 0 spiro atoms. The number of ether oxygens (including phenoxy) is 1. The summed E-state index contributed by atoms with van der Waals surface area (Å²) in [5.41, 5.74) is 26.7. The monoisotopic (exact) mass is 1090 g/mol. The van der Waals surface area contributed by atoms with Crippen LogP contribution in [0, 0.1) is 6.92 Å². The Hall–Kier alpha value is -9.76. The normalized spacial score (nSPS) is 15.5. The molecule has 85 heavy (non-hydrogen) atoms. The number of fused-ring (bicyclic) bond motifs is 7. The molecule has 3 unspecified atom stereocenters. The van der Waals surface area contributed by atoms with Gasteiger partial charge in [-0.1, -0.05) is 250 Å². The third-order valence-electron chi connectivity index (χ3n) is 19.2. The molecule has 0 heterocycles. The summed E-state index contributed by atoms with van der Waals surface area (Å²) in [6, 6.07) is 109. The molecule has 0 bridgehead atoms. The van der Waals surface area contributed by atoms with Gasteiger partial charge in [-0.25, -0.2) is 0 Å². The molecule has 0 aromatic heterocycles. The van der Waals surface area contributed by atoms with Gasteiger partial charge < -0.3 is 9.64 Å². The van der Waals surface area contributed by atoms with Crippen molar-refractivity contribution in [2.24, 2.45) is 0 Å². The summed E-state index contributed by atoms with van der Waals surface area (Å²) in [5.74, 6) is 2.51. The highest BCUT2D eigenvalue weighted by atomic mass is 16.5. The van der Waals surface area contributed by atoms with Crippen LogP contribution in [0.25, 0.3) is 33.4 Å². The van der Waals surface area contributed by atoms with Crippen molar-refractivity contribution in [1.82, 2.24) is 0 Å². The highest BCUT2D eigenvalue weighted by molar-refractivity contribution is 5.92. The fourth-order valence-corrected chi connectivity index (χ4v) is 14.8. The van der Waals surface area contributed by atoms with Crippen molar-refractivity contribution in [3.05, 3.63) is 364 Å². The van der Waals surface area contributed by atoms with Gasteiger partial charge in [-0.2, -0.15) is 0 Å². The van der Waals surface area contributed by atoms with E-state index in [1.807, 2.05) is 0 Å². The zero-order valence-corrected chi connectivity index (χ0v) is 48.6. The Morgan fingerprint density at radius 1 is 0.376 bits per heavy atom. The second kappa shape index (κ2) is 21.5. The van der Waals surface area contributed by atoms with Crippen molar-refractivity contribution < 1.29 is 4.74 Å². The van der Waals surface area contributed by atoms with E-state index in [0.29, 0.717) is 11.8 Å². The molecule has 0 radical (unpaired) electrons. The second-order valence-corrected chi connectivity index (χ2v) is 23.9. The Balaban J connectivity index is 0.778. The minimum absolute atomic E-state index is 0.395. The number of hydrogen-bond acceptors (Lipinski definition) is 2. The van der Waals surface area contributed by atoms with Gasteiger partial charge in [0.1, 0.15) is 11.5 Å². The van der Waals surface area contributed by atoms with E-state index < -0.39 is 10.8 Å². The van der Waals surface area contributed by atoms with Crippen LogP contribution in [0.5, 0.6) is 11.5 Å². The number of anilines is 3. The van der Waals surface area contributed by atoms with Gasteiger partial charge in [-0.3, -0.25) is 0 Å². The molecule has 2 nitrogen and oxygen atoms in total. The molecular formula is C83H67NO. The first kappa shape index (κ1) is 52.1. The summed E-state index contributed by atoms with van der Waals surface area (Å²) in [6.45, 7) is 6.87. The first-order valence-corrected chi connectivity index (χ1v) is 30.5. The van der Waals surface area contributed by atoms with Gasteiger partial charge in [-0.05, 0) is 205 Å². The van der Waals surface area contributed by atoms with Crippen LogP contribution in [0.1, 0.15) is 111 Å². The van der Waals surface area contributed by atoms with Gasteiger partial charge in [0, 0.05) is 17.1 Å². The Bertz CT molecular complexity index is 4360. The molecule has 0 saturated carbocycles. The van der Waals surface area contributed by atoms with E-state index in [1.165, 1.54) is 119 Å². The van der Waals surface area contributed by atoms with Gasteiger partial charge >= 0.3 is 0 Å². The largest absolute Gasteiger partial charge is 0.457 e. The van der Waals surface area contributed by atoms with Crippen LogP contribution in [0.15, 0.2) is 291 Å². The molecule has 0 fully saturated rings. The second-order valence-electron chi connectivity index (χ2n) is 23.9. The lowest BCUT2D eigenvalue weighted by Gasteiger charge is -2.36. The molecule has 2 heteroatoms. The Morgan fingerprint density at radius 3 is 1.34 bits per heavy atom. The molecule has 0 amide bonds. The standard InChI is InChI=1S/C83H67NO/c1-4-58(60-30-32-61(33-31-60)63-36-34-62-35-37-64(62)53-63)52-57(3)59-38-46-72(47-39-59)85-73-48-42-68(43-49-73)83(67-40-28-56(2)29-41-67)79-27-17-15-25-75(79)77-51-45-71(55-81(77)83)84(69-22-12-7-13-23-69)70-44-50-76-74-24-14-16-26-78(74)82(80(76)54-70,65-18-8-5-9-19-65)66-20-10-6-11-21-66/h5-34,36,38-51,53-55,57-58H,4,35,37,52H2,1-3H3. The first-order chi connectivity index (χ1) is 41.9. The van der Waals surface area contributed by atoms with E-state index in [-0.39, 0.29) is 0 Å². The highest BCUT2D eigenvalue weighted by Crippen LogP contribution is 2.60. The molecule has 3 aliphatic rings. The number of rotatable bonds is 15. The number of benzene rings is 12. The number of nitrogens with zero attached hydrogens (tertiary/aromatic N) is 1. The van der Waals surface area contributed by atoms with Crippen LogP contribution in [-0.2, 0) is 23.7 Å². The zero-order chi connectivity index (χ0) is 57.1. The minimum Gasteiger partial charge on any atom is -0.457 e. The zero-order valence-electron chi connectivity index (χ0n) is 48.6. The predicted molar refractivity (Wildman–Crippen MR) is 352 cm³/mol. The summed E-state index contributed by atoms with van der Waals surface area (Å²) < 4.78 is 6.73. The van der Waals surface area contributed by atoms with E-state index in [4.69, 9.17) is 4.74 Å². The van der Waals surface area contributed by atoms with Gasteiger partial charge in [0.2, 0.25) is 0 Å². The van der Waals surface area contributed by atoms with Gasteiger partial charge in [-0.15, -0.1) is 0 Å². The van der Waals surface area contributed by atoms with Crippen LogP contribution in [-0.4, -0.2) is 0 Å². The minimum atomic E-state index is -0.648. The maximum atomic E-state index is 6.73. The highest BCUT2D eigenvalue weighted by Gasteiger charge is 2.48. The number of aryl methyl sites for hydroxylation is 3. The van der Waals surface area contributed by atoms with Crippen molar-refractivity contribution >= 4 is 17.1 Å². The van der Waals surface area contributed by atoms with Crippen LogP contribution in [0.4, 0.5) is 17.1 Å². The molecule has 12 aromatic rings. The summed E-state index contributed by atoms with van der Waals surface area (Å²) in [4.78, 5) is 2.46. The van der Waals surface area contributed by atoms with Gasteiger partial charge in [0.15, 0.2) is 0 Å². The molecule has 15 rings (SSSR count). The third-order valence-corrected chi connectivity index (χ3v) is 19.2. The molecule has 0 saturated heterocycles. The van der Waals surface area contributed by atoms with Crippen molar-refractivity contribution in [3.8, 4) is 44.9 Å². The SMILES string of the molecule is CCC(CC(C)c1ccc(Oc2ccc(C3(c4ccc(C)cc4)c4ccccc4-c4ccc(N(c5ccccc5)c5ccc6c(c5)C(c5ccccc5)(c5ccccc5)c5ccccc5-6)cc43)cc2)cc1)c1ccc(-c2ccc3c(c2)CC3)cc1. The summed E-state index contributed by atoms with van der Waals surface area (Å²) >= 11 is 0. The molecule has 0 N–H and O–H groups in total. The Morgan fingerprint density at radius 2 is 0.824 bits per heavy atom. The average molecular weight is 1090 g/mol. The fourth-order valence-electron chi connectivity index (χ4n) is 14.8. The molecule has 12 aromatic carbocycles. The lowest BCUT2D eigenvalue weighted by atomic mass is 9.67. The van der Waals surface area contributed by atoms with E-state index in [2.05, 4.69) is 317 Å². The third kappa shape index (κ3) is 8.77. The molecule has 0 aliphatic heterocycles. The van der Waals surface area contributed by atoms with Gasteiger partial charge in [0.25, 0.3) is 0 Å². The summed E-state index contributed by atoms with van der Waals surface area (Å²) in [6.07, 6.45) is 4.62. The smallest absolute Gasteiger partial charge is 0.127 e. The topological polar surface area (TPSA) is 12.5 Å². The molecular weight excluding hydrogens is 1030 g/mol. The maximum absolute atomic E-state index is 6.73. The van der Waals surface area contributed by atoms with E-state index in [9.17, 15) is 0 Å².